The molecule has 21 heavy (non-hydrogen) atoms. The van der Waals surface area contributed by atoms with Gasteiger partial charge in [-0.2, -0.15) is 5.10 Å². The Morgan fingerprint density at radius 2 is 2.14 bits per heavy atom. The van der Waals surface area contributed by atoms with Crippen LogP contribution in [0.3, 0.4) is 0 Å². The van der Waals surface area contributed by atoms with Crippen LogP contribution in [0.25, 0.3) is 0 Å². The number of nitrogen functional groups attached to an aromatic ring is 1. The summed E-state index contributed by atoms with van der Waals surface area (Å²) in [6, 6.07) is 1.76. The van der Waals surface area contributed by atoms with Gasteiger partial charge in [0.2, 0.25) is 0 Å². The van der Waals surface area contributed by atoms with Crippen LogP contribution < -0.4 is 11.1 Å². The molecule has 2 heterocycles. The number of aromatic amines is 1. The second-order valence-corrected chi connectivity index (χ2v) is 5.99. The Labute approximate surface area is 129 Å². The van der Waals surface area contributed by atoms with Crippen LogP contribution in [0.2, 0.25) is 0 Å². The molecule has 0 saturated heterocycles. The van der Waals surface area contributed by atoms with Gasteiger partial charge in [0.1, 0.15) is 11.6 Å². The number of rotatable bonds is 7. The molecule has 0 unspecified atom stereocenters. The Morgan fingerprint density at radius 1 is 1.33 bits per heavy atom. The molecule has 0 aromatic carbocycles. The zero-order valence-corrected chi connectivity index (χ0v) is 13.5. The third-order valence-electron chi connectivity index (χ3n) is 3.18. The van der Waals surface area contributed by atoms with E-state index in [2.05, 4.69) is 32.4 Å². The van der Waals surface area contributed by atoms with Crippen LogP contribution >= 0.6 is 11.8 Å². The lowest BCUT2D eigenvalue weighted by molar-refractivity contribution is 0.888. The Kier molecular flexibility index (Phi) is 5.44. The standard InChI is InChI=1S/C14H22N6S/c1-4-5-6-21-14-17-12(15)7-13(18-14)16-8-11-9(2)19-20-10(11)3/h7H,4-6,8H2,1-3H3,(H,19,20)(H3,15,16,17,18). The van der Waals surface area contributed by atoms with Crippen molar-refractivity contribution in [3.63, 3.8) is 0 Å². The lowest BCUT2D eigenvalue weighted by Gasteiger charge is -2.08. The van der Waals surface area contributed by atoms with E-state index in [1.807, 2.05) is 13.8 Å². The first kappa shape index (κ1) is 15.6. The van der Waals surface area contributed by atoms with Crippen molar-refractivity contribution >= 4 is 23.4 Å². The summed E-state index contributed by atoms with van der Waals surface area (Å²) in [5.41, 5.74) is 9.08. The molecule has 4 N–H and O–H groups in total. The second kappa shape index (κ2) is 7.31. The van der Waals surface area contributed by atoms with Crippen molar-refractivity contribution < 1.29 is 0 Å². The highest BCUT2D eigenvalue weighted by Crippen LogP contribution is 2.20. The van der Waals surface area contributed by atoms with Crippen LogP contribution in [0.1, 0.15) is 36.7 Å². The number of thioether (sulfide) groups is 1. The summed E-state index contributed by atoms with van der Waals surface area (Å²) in [6.07, 6.45) is 2.32. The molecule has 2 aromatic rings. The molecule has 2 aromatic heterocycles. The summed E-state index contributed by atoms with van der Waals surface area (Å²) in [7, 11) is 0. The van der Waals surface area contributed by atoms with Crippen molar-refractivity contribution in [2.75, 3.05) is 16.8 Å². The first-order chi connectivity index (χ1) is 10.1. The normalized spacial score (nSPS) is 10.8. The van der Waals surface area contributed by atoms with E-state index in [0.29, 0.717) is 12.4 Å². The van der Waals surface area contributed by atoms with Gasteiger partial charge < -0.3 is 11.1 Å². The van der Waals surface area contributed by atoms with E-state index >= 15 is 0 Å². The third kappa shape index (κ3) is 4.35. The summed E-state index contributed by atoms with van der Waals surface area (Å²) in [6.45, 7) is 6.84. The summed E-state index contributed by atoms with van der Waals surface area (Å²) < 4.78 is 0. The number of aryl methyl sites for hydroxylation is 2. The average Bonchev–Trinajstić information content (AvgIpc) is 2.76. The minimum absolute atomic E-state index is 0.493. The molecule has 0 fully saturated rings. The summed E-state index contributed by atoms with van der Waals surface area (Å²) in [5.74, 6) is 2.26. The quantitative estimate of drug-likeness (QED) is 0.414. The number of nitrogens with one attached hydrogen (secondary N) is 2. The Balaban J connectivity index is 2.02. The van der Waals surface area contributed by atoms with Crippen LogP contribution in [0.4, 0.5) is 11.6 Å². The van der Waals surface area contributed by atoms with Crippen molar-refractivity contribution in [3.8, 4) is 0 Å². The molecule has 0 aliphatic heterocycles. The maximum atomic E-state index is 5.85. The minimum atomic E-state index is 0.493. The molecule has 7 heteroatoms. The van der Waals surface area contributed by atoms with Gasteiger partial charge in [0.05, 0.1) is 5.69 Å². The maximum absolute atomic E-state index is 5.85. The van der Waals surface area contributed by atoms with Crippen molar-refractivity contribution in [1.29, 1.82) is 0 Å². The molecule has 114 valence electrons. The smallest absolute Gasteiger partial charge is 0.191 e. The Morgan fingerprint density at radius 3 is 2.81 bits per heavy atom. The highest BCUT2D eigenvalue weighted by molar-refractivity contribution is 7.99. The summed E-state index contributed by atoms with van der Waals surface area (Å²) in [5, 5.41) is 11.2. The first-order valence-corrected chi connectivity index (χ1v) is 8.10. The third-order valence-corrected chi connectivity index (χ3v) is 4.12. The average molecular weight is 306 g/mol. The van der Waals surface area contributed by atoms with Crippen molar-refractivity contribution in [2.24, 2.45) is 0 Å². The molecule has 0 saturated carbocycles. The highest BCUT2D eigenvalue weighted by atomic mass is 32.2. The molecule has 0 aliphatic carbocycles. The van der Waals surface area contributed by atoms with E-state index in [1.165, 1.54) is 6.42 Å². The van der Waals surface area contributed by atoms with Crippen LogP contribution in [0.15, 0.2) is 11.2 Å². The molecule has 0 bridgehead atoms. The van der Waals surface area contributed by atoms with Gasteiger partial charge in [-0.15, -0.1) is 0 Å². The Hall–Kier alpha value is -1.76. The van der Waals surface area contributed by atoms with Gasteiger partial charge in [-0.25, -0.2) is 9.97 Å². The molecule has 0 spiro atoms. The SMILES string of the molecule is CCCCSc1nc(N)cc(NCc2c(C)n[nH]c2C)n1. The van der Waals surface area contributed by atoms with Gasteiger partial charge in [0.15, 0.2) is 5.16 Å². The molecule has 0 aliphatic rings. The van der Waals surface area contributed by atoms with Gasteiger partial charge in [-0.3, -0.25) is 5.10 Å². The van der Waals surface area contributed by atoms with Gasteiger partial charge in [0, 0.05) is 29.6 Å². The predicted molar refractivity (Wildman–Crippen MR) is 87.5 cm³/mol. The fourth-order valence-electron chi connectivity index (χ4n) is 1.92. The van der Waals surface area contributed by atoms with E-state index < -0.39 is 0 Å². The molecular formula is C14H22N6S. The molecule has 2 rings (SSSR count). The maximum Gasteiger partial charge on any atom is 0.191 e. The van der Waals surface area contributed by atoms with Crippen molar-refractivity contribution in [1.82, 2.24) is 20.2 Å². The lowest BCUT2D eigenvalue weighted by Crippen LogP contribution is -2.06. The van der Waals surface area contributed by atoms with E-state index in [4.69, 9.17) is 5.73 Å². The fraction of sp³-hybridized carbons (Fsp3) is 0.500. The van der Waals surface area contributed by atoms with Crippen molar-refractivity contribution in [2.45, 2.75) is 45.3 Å². The minimum Gasteiger partial charge on any atom is -0.383 e. The number of nitrogens with two attached hydrogens (primary N) is 1. The summed E-state index contributed by atoms with van der Waals surface area (Å²) >= 11 is 1.64. The van der Waals surface area contributed by atoms with Crippen LogP contribution in [0, 0.1) is 13.8 Å². The number of aromatic nitrogens is 4. The van der Waals surface area contributed by atoms with Crippen LogP contribution in [0.5, 0.6) is 0 Å². The zero-order valence-electron chi connectivity index (χ0n) is 12.7. The number of unbranched alkanes of at least 4 members (excludes halogenated alkanes) is 1. The number of hydrogen-bond acceptors (Lipinski definition) is 6. The number of nitrogens with zero attached hydrogens (tertiary/aromatic N) is 3. The van der Waals surface area contributed by atoms with Gasteiger partial charge >= 0.3 is 0 Å². The number of H-pyrrole nitrogens is 1. The molecule has 0 radical (unpaired) electrons. The number of hydrogen-bond donors (Lipinski definition) is 3. The molecule has 0 atom stereocenters. The van der Waals surface area contributed by atoms with Crippen LogP contribution in [-0.2, 0) is 6.54 Å². The number of anilines is 2. The summed E-state index contributed by atoms with van der Waals surface area (Å²) in [4.78, 5) is 8.75. The van der Waals surface area contributed by atoms with E-state index in [0.717, 1.165) is 40.1 Å². The molecule has 6 nitrogen and oxygen atoms in total. The zero-order chi connectivity index (χ0) is 15.2. The van der Waals surface area contributed by atoms with Crippen LogP contribution in [-0.4, -0.2) is 25.9 Å². The molecule has 0 amide bonds. The largest absolute Gasteiger partial charge is 0.383 e. The highest BCUT2D eigenvalue weighted by Gasteiger charge is 2.08. The lowest BCUT2D eigenvalue weighted by atomic mass is 10.2. The van der Waals surface area contributed by atoms with E-state index in [-0.39, 0.29) is 0 Å². The second-order valence-electron chi connectivity index (χ2n) is 4.93. The van der Waals surface area contributed by atoms with Gasteiger partial charge in [-0.05, 0) is 20.3 Å². The first-order valence-electron chi connectivity index (χ1n) is 7.11. The fourth-order valence-corrected chi connectivity index (χ4v) is 2.87. The van der Waals surface area contributed by atoms with Gasteiger partial charge in [-0.1, -0.05) is 25.1 Å². The van der Waals surface area contributed by atoms with Gasteiger partial charge in [0.25, 0.3) is 0 Å². The predicted octanol–water partition coefficient (Wildman–Crippen LogP) is 2.90. The topological polar surface area (TPSA) is 92.5 Å². The van der Waals surface area contributed by atoms with Crippen molar-refractivity contribution in [3.05, 3.63) is 23.0 Å². The Bertz CT molecular complexity index is 576. The van der Waals surface area contributed by atoms with E-state index in [9.17, 15) is 0 Å². The monoisotopic (exact) mass is 306 g/mol. The van der Waals surface area contributed by atoms with E-state index in [1.54, 1.807) is 17.8 Å². The molecular weight excluding hydrogens is 284 g/mol.